The van der Waals surface area contributed by atoms with Crippen molar-refractivity contribution >= 4 is 33.2 Å². The number of aryl methyl sites for hydroxylation is 3. The van der Waals surface area contributed by atoms with E-state index in [0.717, 1.165) is 39.2 Å². The fourth-order valence-electron chi connectivity index (χ4n) is 3.11. The predicted octanol–water partition coefficient (Wildman–Crippen LogP) is 4.24. The van der Waals surface area contributed by atoms with Gasteiger partial charge < -0.3 is 5.32 Å². The van der Waals surface area contributed by atoms with Gasteiger partial charge in [-0.25, -0.2) is 9.50 Å². The third-order valence-electron chi connectivity index (χ3n) is 4.59. The molecule has 0 radical (unpaired) electrons. The van der Waals surface area contributed by atoms with Crippen molar-refractivity contribution in [2.75, 3.05) is 5.32 Å². The number of para-hydroxylation sites is 1. The second-order valence-electron chi connectivity index (χ2n) is 6.53. The SMILES string of the molecule is CCn1cc(Br)c(-c2ccnc3cc(C(=O)Nc4c(C)cccc4C)nn23)n1. The Hall–Kier alpha value is -3.00. The molecule has 142 valence electrons. The van der Waals surface area contributed by atoms with Crippen LogP contribution in [0.5, 0.6) is 0 Å². The molecule has 0 aliphatic carbocycles. The number of rotatable bonds is 4. The highest BCUT2D eigenvalue weighted by Gasteiger charge is 2.18. The van der Waals surface area contributed by atoms with Gasteiger partial charge in [0.1, 0.15) is 5.69 Å². The van der Waals surface area contributed by atoms with Crippen molar-refractivity contribution in [3.05, 3.63) is 64.0 Å². The lowest BCUT2D eigenvalue weighted by atomic mass is 10.1. The quantitative estimate of drug-likeness (QED) is 0.516. The van der Waals surface area contributed by atoms with Gasteiger partial charge in [0.15, 0.2) is 11.3 Å². The van der Waals surface area contributed by atoms with Crippen molar-refractivity contribution in [2.45, 2.75) is 27.3 Å². The summed E-state index contributed by atoms with van der Waals surface area (Å²) in [6, 6.07) is 9.41. The van der Waals surface area contributed by atoms with Crippen LogP contribution >= 0.6 is 15.9 Å². The third-order valence-corrected chi connectivity index (χ3v) is 5.17. The normalized spacial score (nSPS) is 11.1. The van der Waals surface area contributed by atoms with Crippen LogP contribution in [0.15, 0.2) is 47.2 Å². The summed E-state index contributed by atoms with van der Waals surface area (Å²) in [5.74, 6) is -0.271. The Morgan fingerprint density at radius 1 is 1.18 bits per heavy atom. The molecule has 1 aromatic carbocycles. The van der Waals surface area contributed by atoms with Gasteiger partial charge >= 0.3 is 0 Å². The Labute approximate surface area is 170 Å². The summed E-state index contributed by atoms with van der Waals surface area (Å²) in [7, 11) is 0. The van der Waals surface area contributed by atoms with Crippen molar-refractivity contribution in [1.82, 2.24) is 24.4 Å². The fraction of sp³-hybridized carbons (Fsp3) is 0.200. The van der Waals surface area contributed by atoms with Crippen molar-refractivity contribution < 1.29 is 4.79 Å². The molecule has 0 aliphatic rings. The highest BCUT2D eigenvalue weighted by molar-refractivity contribution is 9.10. The van der Waals surface area contributed by atoms with Crippen LogP contribution in [0.3, 0.4) is 0 Å². The van der Waals surface area contributed by atoms with Gasteiger partial charge in [0.05, 0.1) is 10.2 Å². The zero-order chi connectivity index (χ0) is 19.8. The van der Waals surface area contributed by atoms with E-state index >= 15 is 0 Å². The number of benzene rings is 1. The van der Waals surface area contributed by atoms with E-state index in [-0.39, 0.29) is 5.91 Å². The average Bonchev–Trinajstić information content (AvgIpc) is 3.28. The lowest BCUT2D eigenvalue weighted by Gasteiger charge is -2.10. The largest absolute Gasteiger partial charge is 0.320 e. The van der Waals surface area contributed by atoms with Crippen molar-refractivity contribution in [3.63, 3.8) is 0 Å². The first-order valence-corrected chi connectivity index (χ1v) is 9.73. The maximum Gasteiger partial charge on any atom is 0.276 e. The Kier molecular flexibility index (Phi) is 4.72. The molecule has 4 rings (SSSR count). The number of fused-ring (bicyclic) bond motifs is 1. The lowest BCUT2D eigenvalue weighted by Crippen LogP contribution is -2.14. The topological polar surface area (TPSA) is 77.1 Å². The number of nitrogens with zero attached hydrogens (tertiary/aromatic N) is 5. The summed E-state index contributed by atoms with van der Waals surface area (Å²) >= 11 is 3.55. The summed E-state index contributed by atoms with van der Waals surface area (Å²) in [6.07, 6.45) is 3.61. The summed E-state index contributed by atoms with van der Waals surface area (Å²) in [6.45, 7) is 6.71. The first-order valence-electron chi connectivity index (χ1n) is 8.93. The molecule has 28 heavy (non-hydrogen) atoms. The summed E-state index contributed by atoms with van der Waals surface area (Å²) < 4.78 is 4.34. The Balaban J connectivity index is 1.74. The maximum atomic E-state index is 12.8. The molecule has 0 saturated carbocycles. The van der Waals surface area contributed by atoms with Crippen LogP contribution in [0.2, 0.25) is 0 Å². The molecular formula is C20H19BrN6O. The van der Waals surface area contributed by atoms with Gasteiger partial charge in [-0.15, -0.1) is 0 Å². The van der Waals surface area contributed by atoms with Crippen LogP contribution in [0.25, 0.3) is 17.0 Å². The smallest absolute Gasteiger partial charge is 0.276 e. The second kappa shape index (κ2) is 7.20. The zero-order valence-electron chi connectivity index (χ0n) is 15.8. The monoisotopic (exact) mass is 438 g/mol. The Morgan fingerprint density at radius 2 is 1.93 bits per heavy atom. The Morgan fingerprint density at radius 3 is 2.61 bits per heavy atom. The molecule has 3 aromatic heterocycles. The van der Waals surface area contributed by atoms with E-state index in [1.165, 1.54) is 0 Å². The molecule has 7 nitrogen and oxygen atoms in total. The van der Waals surface area contributed by atoms with E-state index in [4.69, 9.17) is 0 Å². The van der Waals surface area contributed by atoms with E-state index in [1.54, 1.807) is 16.8 Å². The van der Waals surface area contributed by atoms with Crippen LogP contribution < -0.4 is 5.32 Å². The number of halogens is 1. The van der Waals surface area contributed by atoms with Crippen LogP contribution in [0.1, 0.15) is 28.5 Å². The number of carbonyl (C=O) groups excluding carboxylic acids is 1. The minimum Gasteiger partial charge on any atom is -0.320 e. The third kappa shape index (κ3) is 3.20. The van der Waals surface area contributed by atoms with Gasteiger partial charge in [0.25, 0.3) is 5.91 Å². The molecule has 3 heterocycles. The number of amides is 1. The van der Waals surface area contributed by atoms with Gasteiger partial charge in [0.2, 0.25) is 0 Å². The molecule has 8 heteroatoms. The minimum atomic E-state index is -0.271. The lowest BCUT2D eigenvalue weighted by molar-refractivity contribution is 0.102. The number of carbonyl (C=O) groups is 1. The minimum absolute atomic E-state index is 0.271. The maximum absolute atomic E-state index is 12.8. The van der Waals surface area contributed by atoms with Crippen LogP contribution in [-0.4, -0.2) is 30.3 Å². The number of hydrogen-bond donors (Lipinski definition) is 1. The molecule has 0 unspecified atom stereocenters. The molecule has 0 bridgehead atoms. The number of anilines is 1. The molecule has 0 spiro atoms. The zero-order valence-corrected chi connectivity index (χ0v) is 17.4. The Bertz CT molecular complexity index is 1170. The first kappa shape index (κ1) is 18.4. The summed E-state index contributed by atoms with van der Waals surface area (Å²) in [5.41, 5.74) is 5.21. The average molecular weight is 439 g/mol. The van der Waals surface area contributed by atoms with Crippen LogP contribution in [-0.2, 0) is 6.54 Å². The number of aromatic nitrogens is 5. The molecule has 0 fully saturated rings. The molecule has 0 aliphatic heterocycles. The fourth-order valence-corrected chi connectivity index (χ4v) is 3.63. The van der Waals surface area contributed by atoms with E-state index in [2.05, 4.69) is 36.4 Å². The molecule has 1 amide bonds. The standard InChI is InChI=1S/C20H19BrN6O/c1-4-26-11-14(21)19(25-26)16-8-9-22-17-10-15(24-27(16)17)20(28)23-18-12(2)6-5-7-13(18)3/h5-11H,4H2,1-3H3,(H,23,28). The molecule has 0 atom stereocenters. The van der Waals surface area contributed by atoms with Gasteiger partial charge in [-0.1, -0.05) is 18.2 Å². The molecule has 0 saturated heterocycles. The molecular weight excluding hydrogens is 420 g/mol. The van der Waals surface area contributed by atoms with Crippen molar-refractivity contribution in [1.29, 1.82) is 0 Å². The van der Waals surface area contributed by atoms with E-state index in [0.29, 0.717) is 11.3 Å². The van der Waals surface area contributed by atoms with Gasteiger partial charge in [-0.05, 0) is 53.9 Å². The van der Waals surface area contributed by atoms with E-state index in [9.17, 15) is 4.79 Å². The van der Waals surface area contributed by atoms with Crippen LogP contribution in [0, 0.1) is 13.8 Å². The van der Waals surface area contributed by atoms with Crippen molar-refractivity contribution in [2.24, 2.45) is 0 Å². The highest BCUT2D eigenvalue weighted by Crippen LogP contribution is 2.27. The van der Waals surface area contributed by atoms with Gasteiger partial charge in [-0.2, -0.15) is 10.2 Å². The van der Waals surface area contributed by atoms with Crippen LogP contribution in [0.4, 0.5) is 5.69 Å². The number of hydrogen-bond acceptors (Lipinski definition) is 4. The van der Waals surface area contributed by atoms with E-state index in [1.807, 2.05) is 55.9 Å². The predicted molar refractivity (Wildman–Crippen MR) is 111 cm³/mol. The number of nitrogens with one attached hydrogen (secondary N) is 1. The van der Waals surface area contributed by atoms with Gasteiger partial charge in [0, 0.05) is 30.7 Å². The summed E-state index contributed by atoms with van der Waals surface area (Å²) in [4.78, 5) is 17.1. The van der Waals surface area contributed by atoms with Gasteiger partial charge in [-0.3, -0.25) is 9.48 Å². The van der Waals surface area contributed by atoms with Crippen molar-refractivity contribution in [3.8, 4) is 11.4 Å². The molecule has 1 N–H and O–H groups in total. The molecule has 4 aromatic rings. The first-order chi connectivity index (χ1) is 13.5. The van der Waals surface area contributed by atoms with E-state index < -0.39 is 0 Å². The second-order valence-corrected chi connectivity index (χ2v) is 7.39. The summed E-state index contributed by atoms with van der Waals surface area (Å²) in [5, 5.41) is 12.0. The highest BCUT2D eigenvalue weighted by atomic mass is 79.9.